The van der Waals surface area contributed by atoms with Gasteiger partial charge >= 0.3 is 0 Å². The fourth-order valence-electron chi connectivity index (χ4n) is 3.21. The van der Waals surface area contributed by atoms with Crippen molar-refractivity contribution in [3.63, 3.8) is 0 Å². The number of benzene rings is 1. The van der Waals surface area contributed by atoms with E-state index in [1.54, 1.807) is 14.2 Å². The summed E-state index contributed by atoms with van der Waals surface area (Å²) < 4.78 is 10.6. The van der Waals surface area contributed by atoms with Crippen molar-refractivity contribution in [2.24, 2.45) is 0 Å². The maximum Gasteiger partial charge on any atom is 0.161 e. The van der Waals surface area contributed by atoms with Gasteiger partial charge in [0.25, 0.3) is 0 Å². The third kappa shape index (κ3) is 8.29. The quantitative estimate of drug-likeness (QED) is 0.356. The van der Waals surface area contributed by atoms with E-state index in [2.05, 4.69) is 13.0 Å². The van der Waals surface area contributed by atoms with E-state index in [-0.39, 0.29) is 5.92 Å². The first-order valence-electron chi connectivity index (χ1n) is 9.88. The summed E-state index contributed by atoms with van der Waals surface area (Å²) in [5.41, 5.74) is 1.02. The SMILES string of the molecule is CCCCCCCCCCCCC(C#N)c1ccc(OC)c(OC)c1. The normalized spacial score (nSPS) is 11.8. The topological polar surface area (TPSA) is 42.2 Å². The van der Waals surface area contributed by atoms with Gasteiger partial charge in [-0.15, -0.1) is 0 Å². The van der Waals surface area contributed by atoms with Crippen LogP contribution in [-0.4, -0.2) is 14.2 Å². The molecule has 0 spiro atoms. The highest BCUT2D eigenvalue weighted by molar-refractivity contribution is 5.44. The van der Waals surface area contributed by atoms with Crippen molar-refractivity contribution in [2.75, 3.05) is 14.2 Å². The fraction of sp³-hybridized carbons (Fsp3) is 0.682. The summed E-state index contributed by atoms with van der Waals surface area (Å²) in [5.74, 6) is 1.35. The minimum atomic E-state index is -0.0613. The summed E-state index contributed by atoms with van der Waals surface area (Å²) in [6, 6.07) is 8.24. The molecule has 1 aromatic carbocycles. The zero-order valence-corrected chi connectivity index (χ0v) is 16.4. The molecule has 0 aliphatic carbocycles. The van der Waals surface area contributed by atoms with E-state index in [9.17, 15) is 5.26 Å². The molecule has 25 heavy (non-hydrogen) atoms. The summed E-state index contributed by atoms with van der Waals surface area (Å²) in [5, 5.41) is 9.49. The van der Waals surface area contributed by atoms with Gasteiger partial charge in [0.05, 0.1) is 26.2 Å². The van der Waals surface area contributed by atoms with E-state index < -0.39 is 0 Å². The van der Waals surface area contributed by atoms with E-state index in [0.717, 1.165) is 18.4 Å². The molecular weight excluding hydrogens is 310 g/mol. The molecule has 0 aliphatic rings. The molecular formula is C22H35NO2. The van der Waals surface area contributed by atoms with Gasteiger partial charge < -0.3 is 9.47 Å². The standard InChI is InChI=1S/C22H35NO2/c1-4-5-6-7-8-9-10-11-12-13-14-20(18-23)19-15-16-21(24-2)22(17-19)25-3/h15-17,20H,4-14H2,1-3H3. The van der Waals surface area contributed by atoms with Crippen LogP contribution in [0.4, 0.5) is 0 Å². The van der Waals surface area contributed by atoms with Crippen molar-refractivity contribution in [1.82, 2.24) is 0 Å². The van der Waals surface area contributed by atoms with Crippen molar-refractivity contribution in [3.05, 3.63) is 23.8 Å². The highest BCUT2D eigenvalue weighted by atomic mass is 16.5. The van der Waals surface area contributed by atoms with E-state index in [1.165, 1.54) is 57.8 Å². The van der Waals surface area contributed by atoms with Crippen LogP contribution < -0.4 is 9.47 Å². The van der Waals surface area contributed by atoms with Crippen molar-refractivity contribution in [2.45, 2.75) is 83.5 Å². The predicted molar refractivity (Wildman–Crippen MR) is 104 cm³/mol. The Kier molecular flexibility index (Phi) is 11.6. The first kappa shape index (κ1) is 21.4. The number of unbranched alkanes of at least 4 members (excludes halogenated alkanes) is 9. The summed E-state index contributed by atoms with van der Waals surface area (Å²) in [4.78, 5) is 0. The van der Waals surface area contributed by atoms with Crippen LogP contribution in [0.5, 0.6) is 11.5 Å². The van der Waals surface area contributed by atoms with Gasteiger partial charge in [-0.25, -0.2) is 0 Å². The van der Waals surface area contributed by atoms with E-state index >= 15 is 0 Å². The Bertz CT molecular complexity index is 507. The molecule has 0 bridgehead atoms. The van der Waals surface area contributed by atoms with Crippen molar-refractivity contribution in [3.8, 4) is 17.6 Å². The number of nitriles is 1. The Morgan fingerprint density at radius 3 is 1.92 bits per heavy atom. The molecule has 0 amide bonds. The highest BCUT2D eigenvalue weighted by Gasteiger charge is 2.13. The largest absolute Gasteiger partial charge is 0.493 e. The molecule has 1 aromatic rings. The predicted octanol–water partition coefficient (Wildman–Crippen LogP) is 6.62. The summed E-state index contributed by atoms with van der Waals surface area (Å²) >= 11 is 0. The molecule has 0 fully saturated rings. The minimum Gasteiger partial charge on any atom is -0.493 e. The second kappa shape index (κ2) is 13.6. The van der Waals surface area contributed by atoms with Crippen molar-refractivity contribution < 1.29 is 9.47 Å². The molecule has 0 aliphatic heterocycles. The highest BCUT2D eigenvalue weighted by Crippen LogP contribution is 2.32. The van der Waals surface area contributed by atoms with Crippen LogP contribution in [0.2, 0.25) is 0 Å². The smallest absolute Gasteiger partial charge is 0.161 e. The molecule has 0 aromatic heterocycles. The van der Waals surface area contributed by atoms with Crippen LogP contribution in [0.1, 0.15) is 89.0 Å². The Hall–Kier alpha value is -1.69. The third-order valence-corrected chi connectivity index (χ3v) is 4.81. The molecule has 0 N–H and O–H groups in total. The van der Waals surface area contributed by atoms with Crippen LogP contribution in [-0.2, 0) is 0 Å². The van der Waals surface area contributed by atoms with Crippen LogP contribution >= 0.6 is 0 Å². The maximum atomic E-state index is 9.49. The Morgan fingerprint density at radius 1 is 0.840 bits per heavy atom. The monoisotopic (exact) mass is 345 g/mol. The first-order chi connectivity index (χ1) is 12.3. The molecule has 1 rings (SSSR count). The van der Waals surface area contributed by atoms with Gasteiger partial charge in [0.15, 0.2) is 11.5 Å². The first-order valence-corrected chi connectivity index (χ1v) is 9.88. The fourth-order valence-corrected chi connectivity index (χ4v) is 3.21. The maximum absolute atomic E-state index is 9.49. The van der Waals surface area contributed by atoms with Gasteiger partial charge in [0, 0.05) is 0 Å². The number of rotatable bonds is 14. The van der Waals surface area contributed by atoms with Gasteiger partial charge in [0.1, 0.15) is 0 Å². The Balaban J connectivity index is 2.25. The number of hydrogen-bond donors (Lipinski definition) is 0. The number of nitrogens with zero attached hydrogens (tertiary/aromatic N) is 1. The van der Waals surface area contributed by atoms with Crippen LogP contribution in [0, 0.1) is 11.3 Å². The average molecular weight is 346 g/mol. The van der Waals surface area contributed by atoms with Crippen molar-refractivity contribution in [1.29, 1.82) is 5.26 Å². The second-order valence-electron chi connectivity index (χ2n) is 6.77. The lowest BCUT2D eigenvalue weighted by molar-refractivity contribution is 0.354. The molecule has 3 heteroatoms. The van der Waals surface area contributed by atoms with Gasteiger partial charge in [-0.3, -0.25) is 0 Å². The molecule has 0 saturated heterocycles. The molecule has 0 heterocycles. The van der Waals surface area contributed by atoms with Gasteiger partial charge in [-0.2, -0.15) is 5.26 Å². The number of methoxy groups -OCH3 is 2. The lowest BCUT2D eigenvalue weighted by Crippen LogP contribution is -1.98. The summed E-state index contributed by atoms with van der Waals surface area (Å²) in [6.07, 6.45) is 14.1. The number of hydrogen-bond acceptors (Lipinski definition) is 3. The molecule has 3 nitrogen and oxygen atoms in total. The van der Waals surface area contributed by atoms with Crippen LogP contribution in [0.3, 0.4) is 0 Å². The van der Waals surface area contributed by atoms with Crippen LogP contribution in [0.25, 0.3) is 0 Å². The second-order valence-corrected chi connectivity index (χ2v) is 6.77. The Morgan fingerprint density at radius 2 is 1.40 bits per heavy atom. The van der Waals surface area contributed by atoms with E-state index in [0.29, 0.717) is 11.5 Å². The van der Waals surface area contributed by atoms with Crippen LogP contribution in [0.15, 0.2) is 18.2 Å². The zero-order valence-electron chi connectivity index (χ0n) is 16.4. The number of ether oxygens (including phenoxy) is 2. The van der Waals surface area contributed by atoms with E-state index in [4.69, 9.17) is 9.47 Å². The molecule has 0 radical (unpaired) electrons. The lowest BCUT2D eigenvalue weighted by atomic mass is 9.93. The molecule has 1 unspecified atom stereocenters. The summed E-state index contributed by atoms with van der Waals surface area (Å²) in [6.45, 7) is 2.26. The lowest BCUT2D eigenvalue weighted by Gasteiger charge is -2.13. The molecule has 1 atom stereocenters. The Labute approximate surface area is 154 Å². The van der Waals surface area contributed by atoms with Gasteiger partial charge in [-0.05, 0) is 24.1 Å². The van der Waals surface area contributed by atoms with Crippen molar-refractivity contribution >= 4 is 0 Å². The molecule has 0 saturated carbocycles. The third-order valence-electron chi connectivity index (χ3n) is 4.81. The minimum absolute atomic E-state index is 0.0613. The summed E-state index contributed by atoms with van der Waals surface area (Å²) in [7, 11) is 3.26. The van der Waals surface area contributed by atoms with Gasteiger partial charge in [0.2, 0.25) is 0 Å². The van der Waals surface area contributed by atoms with Gasteiger partial charge in [-0.1, -0.05) is 77.2 Å². The zero-order chi connectivity index (χ0) is 18.3. The molecule has 140 valence electrons. The van der Waals surface area contributed by atoms with E-state index in [1.807, 2.05) is 18.2 Å². The average Bonchev–Trinajstić information content (AvgIpc) is 2.65.